The van der Waals surface area contributed by atoms with Crippen molar-refractivity contribution in [2.24, 2.45) is 7.05 Å². The Balaban J connectivity index is 2.19. The van der Waals surface area contributed by atoms with Crippen molar-refractivity contribution < 1.29 is 13.2 Å². The summed E-state index contributed by atoms with van der Waals surface area (Å²) in [5, 5.41) is 3.49. The number of benzene rings is 1. The van der Waals surface area contributed by atoms with E-state index in [1.165, 1.54) is 36.1 Å². The van der Waals surface area contributed by atoms with E-state index in [1.54, 1.807) is 30.3 Å². The predicted octanol–water partition coefficient (Wildman–Crippen LogP) is 3.26. The average molecular weight is 319 g/mol. The zero-order chi connectivity index (χ0) is 16.6. The molecule has 2 heterocycles. The lowest BCUT2D eigenvalue weighted by Crippen LogP contribution is -2.16. The summed E-state index contributed by atoms with van der Waals surface area (Å²) in [6.45, 7) is 0. The molecule has 0 amide bonds. The molecule has 3 aromatic rings. The third-order valence-electron chi connectivity index (χ3n) is 3.35. The van der Waals surface area contributed by atoms with Gasteiger partial charge in [-0.15, -0.1) is 0 Å². The van der Waals surface area contributed by atoms with Gasteiger partial charge in [-0.2, -0.15) is 18.3 Å². The number of pyridine rings is 1. The highest BCUT2D eigenvalue weighted by atomic mass is 19.4. The Morgan fingerprint density at radius 2 is 1.70 bits per heavy atom. The first-order chi connectivity index (χ1) is 10.9. The van der Waals surface area contributed by atoms with E-state index >= 15 is 0 Å². The molecule has 118 valence electrons. The molecule has 0 saturated carbocycles. The molecule has 23 heavy (non-hydrogen) atoms. The van der Waals surface area contributed by atoms with E-state index in [0.29, 0.717) is 5.69 Å². The Labute approximate surface area is 129 Å². The number of aryl methyl sites for hydroxylation is 1. The van der Waals surface area contributed by atoms with Crippen molar-refractivity contribution in [1.82, 2.24) is 14.3 Å². The van der Waals surface area contributed by atoms with E-state index in [4.69, 9.17) is 0 Å². The lowest BCUT2D eigenvalue weighted by atomic mass is 10.1. The van der Waals surface area contributed by atoms with Crippen LogP contribution in [0.5, 0.6) is 0 Å². The van der Waals surface area contributed by atoms with Crippen LogP contribution < -0.4 is 5.56 Å². The molecule has 3 rings (SSSR count). The molecule has 0 aliphatic rings. The third kappa shape index (κ3) is 2.90. The van der Waals surface area contributed by atoms with Gasteiger partial charge in [0, 0.05) is 42.3 Å². The summed E-state index contributed by atoms with van der Waals surface area (Å²) >= 11 is 0. The van der Waals surface area contributed by atoms with Gasteiger partial charge in [0.25, 0.3) is 5.56 Å². The largest absolute Gasteiger partial charge is 0.435 e. The van der Waals surface area contributed by atoms with Crippen LogP contribution in [0.2, 0.25) is 0 Å². The van der Waals surface area contributed by atoms with E-state index < -0.39 is 11.9 Å². The minimum atomic E-state index is -4.57. The van der Waals surface area contributed by atoms with Crippen molar-refractivity contribution in [3.05, 3.63) is 70.9 Å². The van der Waals surface area contributed by atoms with E-state index in [-0.39, 0.29) is 16.7 Å². The molecule has 0 fully saturated rings. The second-order valence-electron chi connectivity index (χ2n) is 5.02. The molecular formula is C16H12F3N3O. The van der Waals surface area contributed by atoms with Gasteiger partial charge in [0.1, 0.15) is 0 Å². The molecule has 0 spiro atoms. The Hall–Kier alpha value is -2.83. The topological polar surface area (TPSA) is 39.8 Å². The van der Waals surface area contributed by atoms with Crippen molar-refractivity contribution in [2.45, 2.75) is 6.18 Å². The third-order valence-corrected chi connectivity index (χ3v) is 3.35. The number of aromatic nitrogens is 3. The molecule has 0 N–H and O–H groups in total. The summed E-state index contributed by atoms with van der Waals surface area (Å²) in [6, 6.07) is 11.3. The van der Waals surface area contributed by atoms with Gasteiger partial charge in [0.2, 0.25) is 0 Å². The smallest absolute Gasteiger partial charge is 0.284 e. The zero-order valence-electron chi connectivity index (χ0n) is 12.1. The highest BCUT2D eigenvalue weighted by molar-refractivity contribution is 5.65. The Morgan fingerprint density at radius 1 is 1.00 bits per heavy atom. The molecule has 0 aliphatic heterocycles. The van der Waals surface area contributed by atoms with Crippen LogP contribution in [-0.2, 0) is 13.2 Å². The number of rotatable bonds is 2. The lowest BCUT2D eigenvalue weighted by molar-refractivity contribution is -0.140. The summed E-state index contributed by atoms with van der Waals surface area (Å²) in [7, 11) is 1.42. The molecule has 7 heteroatoms. The van der Waals surface area contributed by atoms with Crippen LogP contribution in [0.25, 0.3) is 16.8 Å². The van der Waals surface area contributed by atoms with E-state index in [1.807, 2.05) is 0 Å². The quantitative estimate of drug-likeness (QED) is 0.727. The van der Waals surface area contributed by atoms with Crippen LogP contribution in [0.1, 0.15) is 5.69 Å². The highest BCUT2D eigenvalue weighted by Crippen LogP contribution is 2.35. The van der Waals surface area contributed by atoms with Crippen LogP contribution in [0.4, 0.5) is 13.2 Å². The van der Waals surface area contributed by atoms with Crippen molar-refractivity contribution in [2.75, 3.05) is 0 Å². The summed E-state index contributed by atoms with van der Waals surface area (Å²) in [6.07, 6.45) is -1.88. The van der Waals surface area contributed by atoms with Gasteiger partial charge in [-0.3, -0.25) is 14.0 Å². The first kappa shape index (κ1) is 15.1. The summed E-state index contributed by atoms with van der Waals surface area (Å²) < 4.78 is 41.7. The summed E-state index contributed by atoms with van der Waals surface area (Å²) in [5.74, 6) is 0. The fourth-order valence-electron chi connectivity index (χ4n) is 2.35. The van der Waals surface area contributed by atoms with Crippen LogP contribution in [-0.4, -0.2) is 14.3 Å². The molecule has 0 unspecified atom stereocenters. The van der Waals surface area contributed by atoms with Gasteiger partial charge in [-0.1, -0.05) is 18.2 Å². The maximum atomic E-state index is 13.1. The Morgan fingerprint density at radius 3 is 2.35 bits per heavy atom. The number of halogens is 3. The first-order valence-electron chi connectivity index (χ1n) is 6.75. The van der Waals surface area contributed by atoms with Gasteiger partial charge >= 0.3 is 6.18 Å². The van der Waals surface area contributed by atoms with E-state index in [2.05, 4.69) is 5.10 Å². The van der Waals surface area contributed by atoms with Gasteiger partial charge in [0.05, 0.1) is 0 Å². The van der Waals surface area contributed by atoms with Crippen LogP contribution >= 0.6 is 0 Å². The molecule has 0 radical (unpaired) electrons. The van der Waals surface area contributed by atoms with Gasteiger partial charge < -0.3 is 0 Å². The normalized spacial score (nSPS) is 11.7. The van der Waals surface area contributed by atoms with Crippen LogP contribution in [0.3, 0.4) is 0 Å². The highest BCUT2D eigenvalue weighted by Gasteiger charge is 2.37. The predicted molar refractivity (Wildman–Crippen MR) is 79.2 cm³/mol. The molecule has 2 aromatic heterocycles. The van der Waals surface area contributed by atoms with Crippen molar-refractivity contribution >= 4 is 0 Å². The number of alkyl halides is 3. The molecular weight excluding hydrogens is 307 g/mol. The summed E-state index contributed by atoms with van der Waals surface area (Å²) in [5.41, 5.74) is -0.508. The number of hydrogen-bond donors (Lipinski definition) is 0. The average Bonchev–Trinajstić information content (AvgIpc) is 2.91. The van der Waals surface area contributed by atoms with Gasteiger partial charge in [0.15, 0.2) is 5.69 Å². The molecule has 0 atom stereocenters. The maximum absolute atomic E-state index is 13.1. The van der Waals surface area contributed by atoms with Crippen LogP contribution in [0.15, 0.2) is 59.7 Å². The number of hydrogen-bond acceptors (Lipinski definition) is 2. The maximum Gasteiger partial charge on any atom is 0.435 e. The van der Waals surface area contributed by atoms with Gasteiger partial charge in [-0.05, 0) is 18.2 Å². The fraction of sp³-hybridized carbons (Fsp3) is 0.125. The standard InChI is InChI=1S/C16H12F3N3O/c1-21-10-13(15(20-21)16(17,18)19)11-7-8-14(23)22(9-11)12-5-3-2-4-6-12/h2-10H,1H3. The molecule has 0 bridgehead atoms. The van der Waals surface area contributed by atoms with Crippen molar-refractivity contribution in [1.29, 1.82) is 0 Å². The molecule has 0 aliphatic carbocycles. The number of nitrogens with zero attached hydrogens (tertiary/aromatic N) is 3. The molecule has 4 nitrogen and oxygen atoms in total. The van der Waals surface area contributed by atoms with E-state index in [9.17, 15) is 18.0 Å². The van der Waals surface area contributed by atoms with E-state index in [0.717, 1.165) is 4.68 Å². The minimum Gasteiger partial charge on any atom is -0.284 e. The second kappa shape index (κ2) is 5.42. The summed E-state index contributed by atoms with van der Waals surface area (Å²) in [4.78, 5) is 12.0. The Kier molecular flexibility index (Phi) is 3.55. The minimum absolute atomic E-state index is 0.0651. The SMILES string of the molecule is Cn1cc(-c2ccc(=O)n(-c3ccccc3)c2)c(C(F)(F)F)n1. The first-order valence-corrected chi connectivity index (χ1v) is 6.75. The van der Waals surface area contributed by atoms with Crippen molar-refractivity contribution in [3.63, 3.8) is 0 Å². The Bertz CT molecular complexity index is 895. The molecule has 0 saturated heterocycles. The fourth-order valence-corrected chi connectivity index (χ4v) is 2.35. The molecule has 1 aromatic carbocycles. The number of para-hydroxylation sites is 1. The van der Waals surface area contributed by atoms with Gasteiger partial charge in [-0.25, -0.2) is 0 Å². The second-order valence-corrected chi connectivity index (χ2v) is 5.02. The lowest BCUT2D eigenvalue weighted by Gasteiger charge is -2.09. The zero-order valence-corrected chi connectivity index (χ0v) is 12.1. The monoisotopic (exact) mass is 319 g/mol. The van der Waals surface area contributed by atoms with Crippen LogP contribution in [0, 0.1) is 0 Å². The van der Waals surface area contributed by atoms with Crippen molar-refractivity contribution in [3.8, 4) is 16.8 Å².